The Balaban J connectivity index is 2.64. The summed E-state index contributed by atoms with van der Waals surface area (Å²) >= 11 is 0. The van der Waals surface area contributed by atoms with Gasteiger partial charge in [-0.15, -0.1) is 0 Å². The van der Waals surface area contributed by atoms with Gasteiger partial charge < -0.3 is 10.1 Å². The van der Waals surface area contributed by atoms with Crippen LogP contribution in [0.2, 0.25) is 0 Å². The Hall–Kier alpha value is -1.30. The van der Waals surface area contributed by atoms with Gasteiger partial charge in [-0.3, -0.25) is 0 Å². The highest BCUT2D eigenvalue weighted by Gasteiger charge is 2.27. The van der Waals surface area contributed by atoms with E-state index >= 15 is 0 Å². The molecule has 0 spiro atoms. The van der Waals surface area contributed by atoms with Crippen LogP contribution in [0.25, 0.3) is 0 Å². The van der Waals surface area contributed by atoms with E-state index < -0.39 is 19.2 Å². The molecule has 1 unspecified atom stereocenters. The molecular weight excluding hydrogens is 233 g/mol. The van der Waals surface area contributed by atoms with Crippen LogP contribution >= 0.6 is 0 Å². The standard InChI is InChI=1S/C11H15F3N2O/c1-8(15-2)9-4-3-6-16-10(9)17-7-5-11(12,13)14/h3-4,6,8,15H,5,7H2,1-2H3. The van der Waals surface area contributed by atoms with Crippen molar-refractivity contribution in [3.8, 4) is 5.88 Å². The molecule has 1 N–H and O–H groups in total. The molecule has 1 rings (SSSR count). The topological polar surface area (TPSA) is 34.2 Å². The highest BCUT2D eigenvalue weighted by atomic mass is 19.4. The van der Waals surface area contributed by atoms with Gasteiger partial charge in [0.2, 0.25) is 5.88 Å². The van der Waals surface area contributed by atoms with Gasteiger partial charge in [-0.25, -0.2) is 4.98 Å². The molecule has 0 saturated carbocycles. The van der Waals surface area contributed by atoms with E-state index in [0.29, 0.717) is 0 Å². The summed E-state index contributed by atoms with van der Waals surface area (Å²) in [6.45, 7) is 1.47. The summed E-state index contributed by atoms with van der Waals surface area (Å²) in [6.07, 6.45) is -3.69. The van der Waals surface area contributed by atoms with E-state index in [0.717, 1.165) is 5.56 Å². The Morgan fingerprint density at radius 3 is 2.76 bits per heavy atom. The highest BCUT2D eigenvalue weighted by Crippen LogP contribution is 2.24. The molecule has 0 fully saturated rings. The van der Waals surface area contributed by atoms with E-state index in [4.69, 9.17) is 4.74 Å². The number of nitrogens with zero attached hydrogens (tertiary/aromatic N) is 1. The number of nitrogens with one attached hydrogen (secondary N) is 1. The van der Waals surface area contributed by atoms with Crippen molar-refractivity contribution in [1.82, 2.24) is 10.3 Å². The van der Waals surface area contributed by atoms with Crippen LogP contribution in [0, 0.1) is 0 Å². The predicted molar refractivity (Wildman–Crippen MR) is 57.9 cm³/mol. The molecule has 1 atom stereocenters. The fraction of sp³-hybridized carbons (Fsp3) is 0.545. The molecule has 0 aliphatic heterocycles. The molecule has 0 saturated heterocycles. The number of alkyl halides is 3. The molecule has 17 heavy (non-hydrogen) atoms. The zero-order chi connectivity index (χ0) is 12.9. The Morgan fingerprint density at radius 2 is 2.18 bits per heavy atom. The Labute approximate surface area is 98.0 Å². The smallest absolute Gasteiger partial charge is 0.392 e. The summed E-state index contributed by atoms with van der Waals surface area (Å²) < 4.78 is 41.0. The molecule has 96 valence electrons. The number of hydrogen-bond donors (Lipinski definition) is 1. The second-order valence-corrected chi connectivity index (χ2v) is 3.62. The summed E-state index contributed by atoms with van der Waals surface area (Å²) in [7, 11) is 1.76. The monoisotopic (exact) mass is 248 g/mol. The van der Waals surface area contributed by atoms with Crippen molar-refractivity contribution in [2.24, 2.45) is 0 Å². The van der Waals surface area contributed by atoms with E-state index in [-0.39, 0.29) is 11.9 Å². The molecule has 0 aliphatic carbocycles. The van der Waals surface area contributed by atoms with Crippen LogP contribution in [-0.4, -0.2) is 24.8 Å². The van der Waals surface area contributed by atoms with Gasteiger partial charge in [0, 0.05) is 17.8 Å². The number of aromatic nitrogens is 1. The van der Waals surface area contributed by atoms with Crippen LogP contribution in [0.5, 0.6) is 5.88 Å². The van der Waals surface area contributed by atoms with Crippen LogP contribution in [0.15, 0.2) is 18.3 Å². The lowest BCUT2D eigenvalue weighted by molar-refractivity contribution is -0.139. The Morgan fingerprint density at radius 1 is 1.47 bits per heavy atom. The van der Waals surface area contributed by atoms with Crippen molar-refractivity contribution in [2.75, 3.05) is 13.7 Å². The molecule has 0 amide bonds. The fourth-order valence-electron chi connectivity index (χ4n) is 1.27. The Bertz CT molecular complexity index is 355. The molecule has 0 aromatic carbocycles. The van der Waals surface area contributed by atoms with Gasteiger partial charge in [-0.05, 0) is 20.0 Å². The van der Waals surface area contributed by atoms with Crippen molar-refractivity contribution in [2.45, 2.75) is 25.6 Å². The molecule has 6 heteroatoms. The zero-order valence-corrected chi connectivity index (χ0v) is 9.71. The average Bonchev–Trinajstić information content (AvgIpc) is 2.27. The first kappa shape index (κ1) is 13.8. The molecule has 0 bridgehead atoms. The van der Waals surface area contributed by atoms with Gasteiger partial charge >= 0.3 is 6.18 Å². The number of rotatable bonds is 5. The van der Waals surface area contributed by atoms with Gasteiger partial charge in [-0.1, -0.05) is 6.07 Å². The van der Waals surface area contributed by atoms with Gasteiger partial charge in [-0.2, -0.15) is 13.2 Å². The summed E-state index contributed by atoms with van der Waals surface area (Å²) in [5, 5.41) is 2.99. The third-order valence-corrected chi connectivity index (χ3v) is 2.32. The number of ether oxygens (including phenoxy) is 1. The minimum atomic E-state index is -4.20. The second-order valence-electron chi connectivity index (χ2n) is 3.62. The molecule has 3 nitrogen and oxygen atoms in total. The summed E-state index contributed by atoms with van der Waals surface area (Å²) in [5.41, 5.74) is 0.747. The normalized spacial score (nSPS) is 13.5. The lowest BCUT2D eigenvalue weighted by Crippen LogP contribution is -2.17. The first-order valence-electron chi connectivity index (χ1n) is 5.26. The lowest BCUT2D eigenvalue weighted by Gasteiger charge is -2.15. The van der Waals surface area contributed by atoms with E-state index in [1.54, 1.807) is 19.2 Å². The number of hydrogen-bond acceptors (Lipinski definition) is 3. The molecule has 1 aromatic heterocycles. The molecule has 1 aromatic rings. The van der Waals surface area contributed by atoms with Crippen LogP contribution in [0.4, 0.5) is 13.2 Å². The maximum absolute atomic E-state index is 12.0. The minimum absolute atomic E-state index is 0.0235. The van der Waals surface area contributed by atoms with Gasteiger partial charge in [0.05, 0.1) is 13.0 Å². The minimum Gasteiger partial charge on any atom is -0.477 e. The predicted octanol–water partition coefficient (Wildman–Crippen LogP) is 2.69. The largest absolute Gasteiger partial charge is 0.477 e. The molecular formula is C11H15F3N2O. The third-order valence-electron chi connectivity index (χ3n) is 2.32. The summed E-state index contributed by atoms with van der Waals surface area (Å²) in [4.78, 5) is 3.94. The molecule has 0 aliphatic rings. The van der Waals surface area contributed by atoms with Crippen LogP contribution in [-0.2, 0) is 0 Å². The lowest BCUT2D eigenvalue weighted by atomic mass is 10.1. The SMILES string of the molecule is CNC(C)c1cccnc1OCCC(F)(F)F. The fourth-order valence-corrected chi connectivity index (χ4v) is 1.27. The van der Waals surface area contributed by atoms with Crippen molar-refractivity contribution in [3.63, 3.8) is 0 Å². The summed E-state index contributed by atoms with van der Waals surface area (Å²) in [6, 6.07) is 3.47. The average molecular weight is 248 g/mol. The van der Waals surface area contributed by atoms with E-state index in [1.807, 2.05) is 6.92 Å². The van der Waals surface area contributed by atoms with Gasteiger partial charge in [0.15, 0.2) is 0 Å². The van der Waals surface area contributed by atoms with Crippen molar-refractivity contribution in [1.29, 1.82) is 0 Å². The quantitative estimate of drug-likeness (QED) is 0.870. The van der Waals surface area contributed by atoms with E-state index in [2.05, 4.69) is 10.3 Å². The van der Waals surface area contributed by atoms with Crippen LogP contribution < -0.4 is 10.1 Å². The molecule has 0 radical (unpaired) electrons. The maximum atomic E-state index is 12.0. The first-order chi connectivity index (χ1) is 7.94. The van der Waals surface area contributed by atoms with Crippen molar-refractivity contribution in [3.05, 3.63) is 23.9 Å². The van der Waals surface area contributed by atoms with E-state index in [9.17, 15) is 13.2 Å². The maximum Gasteiger partial charge on any atom is 0.392 e. The van der Waals surface area contributed by atoms with Crippen LogP contribution in [0.1, 0.15) is 24.9 Å². The second kappa shape index (κ2) is 5.86. The number of halogens is 3. The van der Waals surface area contributed by atoms with Crippen molar-refractivity contribution < 1.29 is 17.9 Å². The first-order valence-corrected chi connectivity index (χ1v) is 5.26. The summed E-state index contributed by atoms with van der Waals surface area (Å²) in [5.74, 6) is 0.249. The Kier molecular flexibility index (Phi) is 4.74. The van der Waals surface area contributed by atoms with Crippen molar-refractivity contribution >= 4 is 0 Å². The van der Waals surface area contributed by atoms with E-state index in [1.165, 1.54) is 6.20 Å². The molecule has 1 heterocycles. The zero-order valence-electron chi connectivity index (χ0n) is 9.71. The van der Waals surface area contributed by atoms with Gasteiger partial charge in [0.25, 0.3) is 0 Å². The number of pyridine rings is 1. The van der Waals surface area contributed by atoms with Crippen LogP contribution in [0.3, 0.4) is 0 Å². The third kappa shape index (κ3) is 4.60. The highest BCUT2D eigenvalue weighted by molar-refractivity contribution is 5.28. The van der Waals surface area contributed by atoms with Gasteiger partial charge in [0.1, 0.15) is 0 Å².